The maximum Gasteiger partial charge on any atom is 0.138 e. The Hall–Kier alpha value is -1.32. The summed E-state index contributed by atoms with van der Waals surface area (Å²) in [6, 6.07) is 7.64. The first-order valence-corrected chi connectivity index (χ1v) is 6.13. The molecule has 0 spiro atoms. The molecule has 3 rings (SSSR count). The van der Waals surface area contributed by atoms with Crippen molar-refractivity contribution in [3.63, 3.8) is 0 Å². The van der Waals surface area contributed by atoms with Gasteiger partial charge in [-0.15, -0.1) is 0 Å². The maximum absolute atomic E-state index is 9.87. The Kier molecular flexibility index (Phi) is 2.65. The molecule has 0 bridgehead atoms. The van der Waals surface area contributed by atoms with E-state index in [2.05, 4.69) is 4.98 Å². The van der Waals surface area contributed by atoms with Crippen LogP contribution in [0.5, 0.6) is 0 Å². The van der Waals surface area contributed by atoms with Crippen molar-refractivity contribution in [3.8, 4) is 11.3 Å². The fourth-order valence-electron chi connectivity index (χ4n) is 2.26. The molecule has 0 fully saturated rings. The highest BCUT2D eigenvalue weighted by molar-refractivity contribution is 6.33. The van der Waals surface area contributed by atoms with E-state index in [9.17, 15) is 5.11 Å². The highest BCUT2D eigenvalue weighted by Gasteiger charge is 2.21. The number of aromatic nitrogens is 2. The first-order chi connectivity index (χ1) is 8.25. The van der Waals surface area contributed by atoms with Crippen molar-refractivity contribution in [2.24, 2.45) is 0 Å². The number of hydrogen-bond acceptors (Lipinski definition) is 2. The number of imidazole rings is 1. The van der Waals surface area contributed by atoms with Crippen molar-refractivity contribution in [1.29, 1.82) is 0 Å². The number of aliphatic hydroxyl groups excluding tert-OH is 1. The summed E-state index contributed by atoms with van der Waals surface area (Å²) < 4.78 is 2.02. The van der Waals surface area contributed by atoms with E-state index in [0.29, 0.717) is 5.02 Å². The molecule has 4 heteroatoms. The lowest BCUT2D eigenvalue weighted by atomic mass is 10.1. The molecular weight excluding hydrogens is 236 g/mol. The van der Waals surface area contributed by atoms with Gasteiger partial charge < -0.3 is 9.67 Å². The lowest BCUT2D eigenvalue weighted by molar-refractivity contribution is 0.134. The molecule has 1 aliphatic heterocycles. The Balaban J connectivity index is 2.08. The second kappa shape index (κ2) is 4.17. The topological polar surface area (TPSA) is 38.0 Å². The molecule has 17 heavy (non-hydrogen) atoms. The van der Waals surface area contributed by atoms with Gasteiger partial charge in [0.1, 0.15) is 11.9 Å². The molecule has 2 heterocycles. The van der Waals surface area contributed by atoms with Crippen molar-refractivity contribution in [2.45, 2.75) is 25.5 Å². The zero-order valence-electron chi connectivity index (χ0n) is 9.31. The molecule has 1 aromatic heterocycles. The molecular formula is C13H13ClN2O. The molecule has 1 atom stereocenters. The minimum Gasteiger partial charge on any atom is -0.385 e. The van der Waals surface area contributed by atoms with Crippen molar-refractivity contribution >= 4 is 11.6 Å². The molecule has 0 aliphatic carbocycles. The molecule has 1 aliphatic rings. The van der Waals surface area contributed by atoms with Crippen LogP contribution in [0.4, 0.5) is 0 Å². The number of rotatable bonds is 1. The predicted molar refractivity (Wildman–Crippen MR) is 66.9 cm³/mol. The zero-order valence-corrected chi connectivity index (χ0v) is 10.1. The van der Waals surface area contributed by atoms with Gasteiger partial charge in [0, 0.05) is 18.3 Å². The lowest BCUT2D eigenvalue weighted by Crippen LogP contribution is -2.14. The molecule has 0 saturated heterocycles. The second-order valence-electron chi connectivity index (χ2n) is 4.32. The second-order valence-corrected chi connectivity index (χ2v) is 4.72. The first-order valence-electron chi connectivity index (χ1n) is 5.76. The molecule has 88 valence electrons. The van der Waals surface area contributed by atoms with Crippen LogP contribution in [0.1, 0.15) is 24.8 Å². The van der Waals surface area contributed by atoms with Gasteiger partial charge in [-0.2, -0.15) is 0 Å². The van der Waals surface area contributed by atoms with Gasteiger partial charge in [0.05, 0.1) is 10.7 Å². The van der Waals surface area contributed by atoms with Crippen molar-refractivity contribution in [2.75, 3.05) is 0 Å². The van der Waals surface area contributed by atoms with E-state index < -0.39 is 6.10 Å². The summed E-state index contributed by atoms with van der Waals surface area (Å²) in [5, 5.41) is 10.6. The first kappa shape index (κ1) is 10.8. The van der Waals surface area contributed by atoms with Crippen LogP contribution in [-0.2, 0) is 6.54 Å². The molecule has 0 saturated carbocycles. The van der Waals surface area contributed by atoms with E-state index in [0.717, 1.165) is 36.5 Å². The summed E-state index contributed by atoms with van der Waals surface area (Å²) in [7, 11) is 0. The van der Waals surface area contributed by atoms with Crippen LogP contribution in [0.15, 0.2) is 30.5 Å². The van der Waals surface area contributed by atoms with Crippen molar-refractivity contribution < 1.29 is 5.11 Å². The van der Waals surface area contributed by atoms with E-state index in [1.807, 2.05) is 35.0 Å². The number of aliphatic hydroxyl groups is 1. The quantitative estimate of drug-likeness (QED) is 0.842. The Labute approximate surface area is 105 Å². The van der Waals surface area contributed by atoms with Crippen LogP contribution in [0.25, 0.3) is 11.3 Å². The average molecular weight is 249 g/mol. The minimum atomic E-state index is -0.444. The fraction of sp³-hybridized carbons (Fsp3) is 0.308. The number of hydrogen-bond donors (Lipinski definition) is 1. The van der Waals surface area contributed by atoms with E-state index in [1.165, 1.54) is 0 Å². The minimum absolute atomic E-state index is 0.444. The van der Waals surface area contributed by atoms with Gasteiger partial charge >= 0.3 is 0 Å². The largest absolute Gasteiger partial charge is 0.385 e. The van der Waals surface area contributed by atoms with Gasteiger partial charge in [-0.05, 0) is 18.9 Å². The normalized spacial score (nSPS) is 19.1. The summed E-state index contributed by atoms with van der Waals surface area (Å²) in [6.45, 7) is 0.920. The third-order valence-electron chi connectivity index (χ3n) is 3.13. The third kappa shape index (κ3) is 1.85. The van der Waals surface area contributed by atoms with Gasteiger partial charge in [-0.25, -0.2) is 4.98 Å². The molecule has 0 amide bonds. The average Bonchev–Trinajstić information content (AvgIpc) is 2.75. The van der Waals surface area contributed by atoms with Crippen LogP contribution in [0.2, 0.25) is 5.02 Å². The van der Waals surface area contributed by atoms with Crippen LogP contribution in [-0.4, -0.2) is 14.7 Å². The Bertz CT molecular complexity index is 550. The van der Waals surface area contributed by atoms with Gasteiger partial charge in [0.25, 0.3) is 0 Å². The van der Waals surface area contributed by atoms with Crippen molar-refractivity contribution in [3.05, 3.63) is 41.3 Å². The van der Waals surface area contributed by atoms with E-state index in [4.69, 9.17) is 11.6 Å². The Morgan fingerprint density at radius 3 is 2.94 bits per heavy atom. The van der Waals surface area contributed by atoms with E-state index in [1.54, 1.807) is 0 Å². The van der Waals surface area contributed by atoms with E-state index >= 15 is 0 Å². The number of nitrogens with zero attached hydrogens (tertiary/aromatic N) is 2. The predicted octanol–water partition coefficient (Wildman–Crippen LogP) is 3.03. The fourth-order valence-corrected chi connectivity index (χ4v) is 2.49. The highest BCUT2D eigenvalue weighted by atomic mass is 35.5. The number of benzene rings is 1. The van der Waals surface area contributed by atoms with Gasteiger partial charge in [0.15, 0.2) is 0 Å². The molecule has 0 radical (unpaired) electrons. The monoisotopic (exact) mass is 248 g/mol. The molecule has 2 aromatic rings. The molecule has 0 unspecified atom stereocenters. The highest BCUT2D eigenvalue weighted by Crippen LogP contribution is 2.31. The van der Waals surface area contributed by atoms with Gasteiger partial charge in [-0.1, -0.05) is 29.8 Å². The van der Waals surface area contributed by atoms with Gasteiger partial charge in [0.2, 0.25) is 0 Å². The summed E-state index contributed by atoms with van der Waals surface area (Å²) in [6.07, 6.45) is 3.31. The van der Waals surface area contributed by atoms with Crippen LogP contribution in [0, 0.1) is 0 Å². The summed E-state index contributed by atoms with van der Waals surface area (Å²) in [5.41, 5.74) is 1.76. The third-order valence-corrected chi connectivity index (χ3v) is 3.46. The van der Waals surface area contributed by atoms with Crippen LogP contribution >= 0.6 is 11.6 Å². The smallest absolute Gasteiger partial charge is 0.138 e. The summed E-state index contributed by atoms with van der Waals surface area (Å²) in [5.74, 6) is 0.756. The lowest BCUT2D eigenvalue weighted by Gasteiger charge is -2.18. The number of halogens is 1. The SMILES string of the molecule is O[C@@H]1CCCn2cc(-c3ccccc3Cl)nc21. The summed E-state index contributed by atoms with van der Waals surface area (Å²) in [4.78, 5) is 4.49. The maximum atomic E-state index is 9.87. The van der Waals surface area contributed by atoms with Crippen LogP contribution < -0.4 is 0 Å². The van der Waals surface area contributed by atoms with Gasteiger partial charge in [-0.3, -0.25) is 0 Å². The Morgan fingerprint density at radius 2 is 2.18 bits per heavy atom. The molecule has 3 nitrogen and oxygen atoms in total. The standard InChI is InChI=1S/C13H13ClN2O/c14-10-5-2-1-4-9(10)11-8-16-7-3-6-12(17)13(16)15-11/h1-2,4-5,8,12,17H,3,6-7H2/t12-/m1/s1. The molecule has 1 aromatic carbocycles. The summed E-state index contributed by atoms with van der Waals surface area (Å²) >= 11 is 6.15. The Morgan fingerprint density at radius 1 is 1.35 bits per heavy atom. The molecule has 1 N–H and O–H groups in total. The van der Waals surface area contributed by atoms with Crippen LogP contribution in [0.3, 0.4) is 0 Å². The zero-order chi connectivity index (χ0) is 11.8. The number of fused-ring (bicyclic) bond motifs is 1. The number of aryl methyl sites for hydroxylation is 1. The van der Waals surface area contributed by atoms with Crippen molar-refractivity contribution in [1.82, 2.24) is 9.55 Å². The van der Waals surface area contributed by atoms with E-state index in [-0.39, 0.29) is 0 Å².